The summed E-state index contributed by atoms with van der Waals surface area (Å²) in [5.74, 6) is -4.75. The molecule has 0 saturated heterocycles. The van der Waals surface area contributed by atoms with Gasteiger partial charge in [0.15, 0.2) is 0 Å². The van der Waals surface area contributed by atoms with Crippen molar-refractivity contribution >= 4 is 52.7 Å². The summed E-state index contributed by atoms with van der Waals surface area (Å²) in [5, 5.41) is 13.1. The van der Waals surface area contributed by atoms with E-state index in [1.54, 1.807) is 25.1 Å². The number of benzene rings is 3. The maximum absolute atomic E-state index is 13.2. The Balaban J connectivity index is 1.92. The summed E-state index contributed by atoms with van der Waals surface area (Å²) in [6.07, 6.45) is -4.18. The molecular weight excluding hydrogens is 509 g/mol. The van der Waals surface area contributed by atoms with Gasteiger partial charge in [0.1, 0.15) is 0 Å². The number of anilines is 1. The molecule has 0 spiro atoms. The van der Waals surface area contributed by atoms with E-state index in [4.69, 9.17) is 32.7 Å². The summed E-state index contributed by atoms with van der Waals surface area (Å²) in [4.78, 5) is 50.7. The highest BCUT2D eigenvalue weighted by Crippen LogP contribution is 2.20. The lowest BCUT2D eigenvalue weighted by atomic mass is 10.1. The molecule has 0 fully saturated rings. The van der Waals surface area contributed by atoms with Crippen LogP contribution in [0.3, 0.4) is 0 Å². The number of aryl methyl sites for hydroxylation is 2. The van der Waals surface area contributed by atoms with E-state index in [1.807, 2.05) is 6.92 Å². The van der Waals surface area contributed by atoms with E-state index in [1.165, 1.54) is 48.5 Å². The minimum absolute atomic E-state index is 0.0109. The number of nitrogens with one attached hydrogen (secondary N) is 1. The van der Waals surface area contributed by atoms with Crippen LogP contribution in [-0.2, 0) is 19.1 Å². The van der Waals surface area contributed by atoms with E-state index in [0.29, 0.717) is 21.3 Å². The van der Waals surface area contributed by atoms with Crippen molar-refractivity contribution in [3.8, 4) is 0 Å². The molecule has 10 heteroatoms. The Bertz CT molecular complexity index is 1290. The third-order valence-corrected chi connectivity index (χ3v) is 5.55. The summed E-state index contributed by atoms with van der Waals surface area (Å²) in [7, 11) is 0. The average Bonchev–Trinajstić information content (AvgIpc) is 2.83. The molecule has 36 heavy (non-hydrogen) atoms. The van der Waals surface area contributed by atoms with E-state index in [0.717, 1.165) is 5.56 Å². The Labute approximate surface area is 216 Å². The van der Waals surface area contributed by atoms with Crippen molar-refractivity contribution in [1.29, 1.82) is 0 Å². The highest BCUT2D eigenvalue weighted by Gasteiger charge is 2.41. The predicted octanol–water partition coefficient (Wildman–Crippen LogP) is 5.08. The molecule has 0 radical (unpaired) electrons. The fourth-order valence-electron chi connectivity index (χ4n) is 3.19. The van der Waals surface area contributed by atoms with E-state index in [9.17, 15) is 24.3 Å². The molecule has 0 saturated carbocycles. The maximum atomic E-state index is 13.2. The first-order valence-electron chi connectivity index (χ1n) is 10.6. The van der Waals surface area contributed by atoms with E-state index >= 15 is 0 Å². The maximum Gasteiger partial charge on any atom is 0.349 e. The predicted molar refractivity (Wildman–Crippen MR) is 133 cm³/mol. The van der Waals surface area contributed by atoms with Crippen molar-refractivity contribution in [3.63, 3.8) is 0 Å². The number of carbonyl (C=O) groups is 4. The van der Waals surface area contributed by atoms with Gasteiger partial charge in [-0.15, -0.1) is 0 Å². The van der Waals surface area contributed by atoms with Crippen LogP contribution in [0.1, 0.15) is 31.8 Å². The zero-order valence-corrected chi connectivity index (χ0v) is 20.7. The Morgan fingerprint density at radius 1 is 0.750 bits per heavy atom. The molecule has 0 aromatic heterocycles. The van der Waals surface area contributed by atoms with E-state index in [2.05, 4.69) is 5.32 Å². The lowest BCUT2D eigenvalue weighted by Gasteiger charge is -2.24. The smallest absolute Gasteiger partial charge is 0.349 e. The van der Waals surface area contributed by atoms with Gasteiger partial charge in [0.25, 0.3) is 5.91 Å². The lowest BCUT2D eigenvalue weighted by molar-refractivity contribution is -0.157. The zero-order valence-electron chi connectivity index (χ0n) is 19.2. The van der Waals surface area contributed by atoms with Crippen molar-refractivity contribution in [2.45, 2.75) is 26.1 Å². The minimum atomic E-state index is -2.16. The summed E-state index contributed by atoms with van der Waals surface area (Å²) >= 11 is 11.7. The number of carboxylic acid groups (broad SMARTS) is 1. The second-order valence-corrected chi connectivity index (χ2v) is 8.68. The number of halogens is 2. The van der Waals surface area contributed by atoms with Crippen molar-refractivity contribution in [2.75, 3.05) is 5.32 Å². The van der Waals surface area contributed by atoms with Crippen LogP contribution in [0.2, 0.25) is 10.0 Å². The number of hydrogen-bond acceptors (Lipinski definition) is 6. The molecule has 0 bridgehead atoms. The molecule has 0 aliphatic rings. The Kier molecular flexibility index (Phi) is 8.68. The largest absolute Gasteiger partial charge is 0.478 e. The molecule has 0 aliphatic heterocycles. The van der Waals surface area contributed by atoms with Gasteiger partial charge in [-0.1, -0.05) is 40.9 Å². The van der Waals surface area contributed by atoms with Crippen molar-refractivity contribution in [1.82, 2.24) is 0 Å². The Morgan fingerprint density at radius 2 is 1.22 bits per heavy atom. The third kappa shape index (κ3) is 6.84. The first-order valence-corrected chi connectivity index (χ1v) is 11.3. The average molecular weight is 530 g/mol. The van der Waals surface area contributed by atoms with Gasteiger partial charge in [0, 0.05) is 15.7 Å². The van der Waals surface area contributed by atoms with Crippen molar-refractivity contribution in [2.24, 2.45) is 0 Å². The molecule has 2 atom stereocenters. The first-order chi connectivity index (χ1) is 17.0. The normalized spacial score (nSPS) is 12.2. The number of aliphatic carboxylic acids is 1. The van der Waals surface area contributed by atoms with Crippen LogP contribution in [0.25, 0.3) is 0 Å². The van der Waals surface area contributed by atoms with Crippen LogP contribution in [0.15, 0.2) is 66.7 Å². The SMILES string of the molecule is Cc1ccc(NC(=O)[C@H](OC(=O)c2ccc(Cl)cc2)[C@@H](OC(=O)c2ccc(Cl)cc2)C(=O)O)c(C)c1. The lowest BCUT2D eigenvalue weighted by Crippen LogP contribution is -2.48. The molecule has 2 N–H and O–H groups in total. The van der Waals surface area contributed by atoms with E-state index < -0.39 is 36.0 Å². The quantitative estimate of drug-likeness (QED) is 0.390. The highest BCUT2D eigenvalue weighted by atomic mass is 35.5. The number of esters is 2. The molecule has 186 valence electrons. The summed E-state index contributed by atoms with van der Waals surface area (Å²) in [6, 6.07) is 16.2. The molecule has 8 nitrogen and oxygen atoms in total. The van der Waals surface area contributed by atoms with Crippen LogP contribution >= 0.6 is 23.2 Å². The summed E-state index contributed by atoms with van der Waals surface area (Å²) in [5.41, 5.74) is 2.00. The van der Waals surface area contributed by atoms with Crippen molar-refractivity contribution < 1.29 is 33.8 Å². The first kappa shape index (κ1) is 26.7. The van der Waals surface area contributed by atoms with Gasteiger partial charge in [-0.25, -0.2) is 14.4 Å². The van der Waals surface area contributed by atoms with Crippen LogP contribution in [-0.4, -0.2) is 41.1 Å². The Morgan fingerprint density at radius 3 is 1.67 bits per heavy atom. The standard InChI is InChI=1S/C26H21Cl2NO7/c1-14-3-12-20(15(2)13-14)29-23(30)21(35-25(33)16-4-8-18(27)9-5-16)22(24(31)32)36-26(34)17-6-10-19(28)11-7-17/h3-13,21-22H,1-2H3,(H,29,30)(H,31,32)/t21-,22-/m1/s1. The number of carbonyl (C=O) groups excluding carboxylic acids is 3. The molecule has 3 rings (SSSR count). The Hall–Kier alpha value is -3.88. The van der Waals surface area contributed by atoms with Crippen LogP contribution in [0.4, 0.5) is 5.69 Å². The van der Waals surface area contributed by atoms with Gasteiger partial charge in [0.2, 0.25) is 12.2 Å². The topological polar surface area (TPSA) is 119 Å². The molecule has 3 aromatic carbocycles. The van der Waals surface area contributed by atoms with Crippen LogP contribution in [0, 0.1) is 13.8 Å². The number of amides is 1. The molecule has 0 unspecified atom stereocenters. The van der Waals surface area contributed by atoms with Gasteiger partial charge in [-0.05, 0) is 74.0 Å². The summed E-state index contributed by atoms with van der Waals surface area (Å²) < 4.78 is 10.4. The second-order valence-electron chi connectivity index (χ2n) is 7.81. The molecule has 1 amide bonds. The van der Waals surface area contributed by atoms with Gasteiger partial charge in [-0.3, -0.25) is 4.79 Å². The third-order valence-electron chi connectivity index (χ3n) is 5.04. The van der Waals surface area contributed by atoms with Crippen molar-refractivity contribution in [3.05, 3.63) is 99.0 Å². The minimum Gasteiger partial charge on any atom is -0.478 e. The number of ether oxygens (including phenoxy) is 2. The summed E-state index contributed by atoms with van der Waals surface area (Å²) in [6.45, 7) is 3.61. The fraction of sp³-hybridized carbons (Fsp3) is 0.154. The zero-order chi connectivity index (χ0) is 26.4. The number of hydrogen-bond donors (Lipinski definition) is 2. The second kappa shape index (κ2) is 11.7. The van der Waals surface area contributed by atoms with Gasteiger partial charge < -0.3 is 19.9 Å². The van der Waals surface area contributed by atoms with Gasteiger partial charge in [-0.2, -0.15) is 0 Å². The highest BCUT2D eigenvalue weighted by molar-refractivity contribution is 6.31. The molecule has 0 heterocycles. The van der Waals surface area contributed by atoms with E-state index in [-0.39, 0.29) is 11.1 Å². The van der Waals surface area contributed by atoms with Gasteiger partial charge in [0.05, 0.1) is 11.1 Å². The van der Waals surface area contributed by atoms with Crippen LogP contribution < -0.4 is 5.32 Å². The molecule has 0 aliphatic carbocycles. The molecular formula is C26H21Cl2NO7. The molecule has 3 aromatic rings. The monoisotopic (exact) mass is 529 g/mol. The number of carboxylic acids is 1. The van der Waals surface area contributed by atoms with Crippen LogP contribution in [0.5, 0.6) is 0 Å². The number of rotatable bonds is 8. The fourth-order valence-corrected chi connectivity index (χ4v) is 3.44. The van der Waals surface area contributed by atoms with Gasteiger partial charge >= 0.3 is 17.9 Å².